The molecule has 4 heteroatoms. The number of rotatable bonds is 6. The second kappa shape index (κ2) is 7.68. The molecular formula is C16H24N2O2. The van der Waals surface area contributed by atoms with Crippen LogP contribution in [0.1, 0.15) is 32.8 Å². The number of aryl methyl sites for hydroxylation is 1. The zero-order valence-corrected chi connectivity index (χ0v) is 12.8. The molecule has 0 aliphatic carbocycles. The van der Waals surface area contributed by atoms with Crippen LogP contribution in [0.3, 0.4) is 0 Å². The number of hydrogen-bond donors (Lipinski definition) is 1. The van der Waals surface area contributed by atoms with Gasteiger partial charge in [-0.25, -0.2) is 0 Å². The standard InChI is InChI=1S/C16H24N2O2/c1-5-10-18(16(20)12(2)3)11-15(19)17-14-9-7-6-8-13(14)4/h6-9,12H,5,10-11H2,1-4H3,(H,17,19). The van der Waals surface area contributed by atoms with Crippen LogP contribution in [0.4, 0.5) is 5.69 Å². The Kier molecular flexibility index (Phi) is 6.22. The number of carbonyl (C=O) groups excluding carboxylic acids is 2. The first-order valence-corrected chi connectivity index (χ1v) is 7.10. The van der Waals surface area contributed by atoms with Crippen molar-refractivity contribution in [3.63, 3.8) is 0 Å². The van der Waals surface area contributed by atoms with Crippen LogP contribution in [0, 0.1) is 12.8 Å². The Morgan fingerprint density at radius 2 is 1.90 bits per heavy atom. The predicted molar refractivity (Wildman–Crippen MR) is 81.5 cm³/mol. The lowest BCUT2D eigenvalue weighted by atomic mass is 10.2. The van der Waals surface area contributed by atoms with Crippen molar-refractivity contribution in [2.45, 2.75) is 34.1 Å². The molecule has 0 saturated heterocycles. The summed E-state index contributed by atoms with van der Waals surface area (Å²) < 4.78 is 0. The number of para-hydroxylation sites is 1. The molecule has 0 atom stereocenters. The summed E-state index contributed by atoms with van der Waals surface area (Å²) in [6.45, 7) is 8.37. The number of nitrogens with one attached hydrogen (secondary N) is 1. The first-order chi connectivity index (χ1) is 9.45. The van der Waals surface area contributed by atoms with Crippen molar-refractivity contribution in [1.29, 1.82) is 0 Å². The molecule has 1 aromatic rings. The summed E-state index contributed by atoms with van der Waals surface area (Å²) >= 11 is 0. The quantitative estimate of drug-likeness (QED) is 0.868. The fourth-order valence-electron chi connectivity index (χ4n) is 1.98. The third-order valence-corrected chi connectivity index (χ3v) is 3.05. The van der Waals surface area contributed by atoms with E-state index < -0.39 is 0 Å². The highest BCUT2D eigenvalue weighted by Crippen LogP contribution is 2.13. The van der Waals surface area contributed by atoms with Gasteiger partial charge in [-0.2, -0.15) is 0 Å². The van der Waals surface area contributed by atoms with Gasteiger partial charge in [-0.15, -0.1) is 0 Å². The highest BCUT2D eigenvalue weighted by atomic mass is 16.2. The molecule has 20 heavy (non-hydrogen) atoms. The Balaban J connectivity index is 2.67. The summed E-state index contributed by atoms with van der Waals surface area (Å²) in [5, 5.41) is 2.86. The van der Waals surface area contributed by atoms with Gasteiger partial charge in [0, 0.05) is 18.2 Å². The molecule has 0 heterocycles. The van der Waals surface area contributed by atoms with E-state index in [2.05, 4.69) is 5.32 Å². The van der Waals surface area contributed by atoms with Crippen molar-refractivity contribution in [2.75, 3.05) is 18.4 Å². The van der Waals surface area contributed by atoms with E-state index in [0.29, 0.717) is 6.54 Å². The molecular weight excluding hydrogens is 252 g/mol. The van der Waals surface area contributed by atoms with Crippen molar-refractivity contribution < 1.29 is 9.59 Å². The van der Waals surface area contributed by atoms with Crippen LogP contribution in [-0.2, 0) is 9.59 Å². The number of carbonyl (C=O) groups is 2. The lowest BCUT2D eigenvalue weighted by Crippen LogP contribution is -2.40. The minimum Gasteiger partial charge on any atom is -0.333 e. The van der Waals surface area contributed by atoms with E-state index in [-0.39, 0.29) is 24.3 Å². The van der Waals surface area contributed by atoms with Crippen LogP contribution < -0.4 is 5.32 Å². The van der Waals surface area contributed by atoms with E-state index in [4.69, 9.17) is 0 Å². The summed E-state index contributed by atoms with van der Waals surface area (Å²) in [7, 11) is 0. The number of benzene rings is 1. The molecule has 1 rings (SSSR count). The molecule has 0 spiro atoms. The maximum Gasteiger partial charge on any atom is 0.244 e. The van der Waals surface area contributed by atoms with E-state index in [9.17, 15) is 9.59 Å². The smallest absolute Gasteiger partial charge is 0.244 e. The highest BCUT2D eigenvalue weighted by molar-refractivity contribution is 5.95. The predicted octanol–water partition coefficient (Wildman–Crippen LogP) is 2.83. The van der Waals surface area contributed by atoms with Gasteiger partial charge in [0.05, 0.1) is 6.54 Å². The number of nitrogens with zero attached hydrogens (tertiary/aromatic N) is 1. The van der Waals surface area contributed by atoms with Crippen LogP contribution in [0.2, 0.25) is 0 Å². The van der Waals surface area contributed by atoms with Crippen LogP contribution in [0.15, 0.2) is 24.3 Å². The zero-order valence-electron chi connectivity index (χ0n) is 12.8. The number of hydrogen-bond acceptors (Lipinski definition) is 2. The van der Waals surface area contributed by atoms with Crippen molar-refractivity contribution in [2.24, 2.45) is 5.92 Å². The van der Waals surface area contributed by atoms with Gasteiger partial charge in [-0.1, -0.05) is 39.0 Å². The Morgan fingerprint density at radius 3 is 2.45 bits per heavy atom. The largest absolute Gasteiger partial charge is 0.333 e. The number of amides is 2. The topological polar surface area (TPSA) is 49.4 Å². The fourth-order valence-corrected chi connectivity index (χ4v) is 1.98. The average Bonchev–Trinajstić information content (AvgIpc) is 2.40. The normalized spacial score (nSPS) is 10.4. The van der Waals surface area contributed by atoms with E-state index in [0.717, 1.165) is 17.7 Å². The third-order valence-electron chi connectivity index (χ3n) is 3.05. The lowest BCUT2D eigenvalue weighted by Gasteiger charge is -2.23. The molecule has 2 amide bonds. The van der Waals surface area contributed by atoms with Gasteiger partial charge in [0.1, 0.15) is 0 Å². The van der Waals surface area contributed by atoms with Gasteiger partial charge in [-0.05, 0) is 25.0 Å². The van der Waals surface area contributed by atoms with E-state index in [1.54, 1.807) is 4.90 Å². The molecule has 0 bridgehead atoms. The van der Waals surface area contributed by atoms with Gasteiger partial charge in [-0.3, -0.25) is 9.59 Å². The monoisotopic (exact) mass is 276 g/mol. The van der Waals surface area contributed by atoms with Crippen LogP contribution in [0.5, 0.6) is 0 Å². The highest BCUT2D eigenvalue weighted by Gasteiger charge is 2.19. The van der Waals surface area contributed by atoms with Crippen molar-refractivity contribution in [3.8, 4) is 0 Å². The van der Waals surface area contributed by atoms with Gasteiger partial charge >= 0.3 is 0 Å². The maximum atomic E-state index is 12.1. The summed E-state index contributed by atoms with van der Waals surface area (Å²) in [5.74, 6) is -0.221. The summed E-state index contributed by atoms with van der Waals surface area (Å²) in [6, 6.07) is 7.61. The molecule has 4 nitrogen and oxygen atoms in total. The van der Waals surface area contributed by atoms with E-state index >= 15 is 0 Å². The van der Waals surface area contributed by atoms with Crippen LogP contribution in [0.25, 0.3) is 0 Å². The minimum atomic E-state index is -0.151. The third kappa shape index (κ3) is 4.68. The average molecular weight is 276 g/mol. The molecule has 0 fully saturated rings. The Hall–Kier alpha value is -1.84. The van der Waals surface area contributed by atoms with Gasteiger partial charge in [0.15, 0.2) is 0 Å². The summed E-state index contributed by atoms with van der Waals surface area (Å²) in [4.78, 5) is 25.7. The van der Waals surface area contributed by atoms with Gasteiger partial charge in [0.2, 0.25) is 11.8 Å². The molecule has 0 radical (unpaired) electrons. The van der Waals surface area contributed by atoms with E-state index in [1.807, 2.05) is 52.0 Å². The molecule has 0 aliphatic rings. The molecule has 1 N–H and O–H groups in total. The van der Waals surface area contributed by atoms with Crippen molar-refractivity contribution in [1.82, 2.24) is 4.90 Å². The Morgan fingerprint density at radius 1 is 1.25 bits per heavy atom. The van der Waals surface area contributed by atoms with Crippen LogP contribution in [-0.4, -0.2) is 29.8 Å². The molecule has 110 valence electrons. The lowest BCUT2D eigenvalue weighted by molar-refractivity contribution is -0.137. The van der Waals surface area contributed by atoms with Gasteiger partial charge < -0.3 is 10.2 Å². The second-order valence-electron chi connectivity index (χ2n) is 5.28. The van der Waals surface area contributed by atoms with Crippen molar-refractivity contribution >= 4 is 17.5 Å². The number of anilines is 1. The molecule has 0 aromatic heterocycles. The SMILES string of the molecule is CCCN(CC(=O)Nc1ccccc1C)C(=O)C(C)C. The van der Waals surface area contributed by atoms with E-state index in [1.165, 1.54) is 0 Å². The summed E-state index contributed by atoms with van der Waals surface area (Å²) in [5.41, 5.74) is 1.81. The maximum absolute atomic E-state index is 12.1. The molecule has 0 aliphatic heterocycles. The van der Waals surface area contributed by atoms with Crippen molar-refractivity contribution in [3.05, 3.63) is 29.8 Å². The zero-order chi connectivity index (χ0) is 15.1. The first-order valence-electron chi connectivity index (χ1n) is 7.10. The van der Waals surface area contributed by atoms with Crippen LogP contribution >= 0.6 is 0 Å². The molecule has 0 unspecified atom stereocenters. The Labute approximate surface area is 121 Å². The summed E-state index contributed by atoms with van der Waals surface area (Å²) in [6.07, 6.45) is 0.843. The fraction of sp³-hybridized carbons (Fsp3) is 0.500. The molecule has 1 aromatic carbocycles. The Bertz CT molecular complexity index is 469. The molecule has 0 saturated carbocycles. The first kappa shape index (κ1) is 16.2. The van der Waals surface area contributed by atoms with Gasteiger partial charge in [0.25, 0.3) is 0 Å². The minimum absolute atomic E-state index is 0.0202. The second-order valence-corrected chi connectivity index (χ2v) is 5.28.